The highest BCUT2D eigenvalue weighted by atomic mass is 35.5. The number of benzene rings is 2. The number of aromatic nitrogens is 2. The summed E-state index contributed by atoms with van der Waals surface area (Å²) in [4.78, 5) is 34.0. The lowest BCUT2D eigenvalue weighted by atomic mass is 9.96. The summed E-state index contributed by atoms with van der Waals surface area (Å²) in [6.07, 6.45) is -5.86. The molecular weight excluding hydrogens is 640 g/mol. The van der Waals surface area contributed by atoms with Gasteiger partial charge < -0.3 is 24.0 Å². The summed E-state index contributed by atoms with van der Waals surface area (Å²) in [5.41, 5.74) is -2.20. The summed E-state index contributed by atoms with van der Waals surface area (Å²) in [6, 6.07) is 4.41. The van der Waals surface area contributed by atoms with Gasteiger partial charge in [-0.25, -0.2) is 14.0 Å². The van der Waals surface area contributed by atoms with Crippen molar-refractivity contribution in [1.29, 1.82) is 0 Å². The number of rotatable bonds is 6. The van der Waals surface area contributed by atoms with Crippen LogP contribution in [0.4, 0.5) is 28.2 Å². The Labute approximate surface area is 266 Å². The largest absolute Gasteiger partial charge is 0.444 e. The number of methoxy groups -OCH3 is 1. The first kappa shape index (κ1) is 33.3. The van der Waals surface area contributed by atoms with E-state index in [9.17, 15) is 27.2 Å². The van der Waals surface area contributed by atoms with Gasteiger partial charge in [0, 0.05) is 54.9 Å². The summed E-state index contributed by atoms with van der Waals surface area (Å²) in [6.45, 7) is 6.70. The molecule has 1 atom stereocenters. The smallest absolute Gasteiger partial charge is 0.417 e. The van der Waals surface area contributed by atoms with Crippen LogP contribution in [0.25, 0.3) is 22.0 Å². The molecule has 0 radical (unpaired) electrons. The third-order valence-corrected chi connectivity index (χ3v) is 8.90. The van der Waals surface area contributed by atoms with E-state index in [1.165, 1.54) is 22.6 Å². The van der Waals surface area contributed by atoms with Gasteiger partial charge in [-0.05, 0) is 44.5 Å². The fourth-order valence-corrected chi connectivity index (χ4v) is 6.83. The van der Waals surface area contributed by atoms with E-state index < -0.39 is 41.0 Å². The van der Waals surface area contributed by atoms with Crippen LogP contribution in [0.5, 0.6) is 0 Å². The number of nitrogens with zero attached hydrogens (tertiary/aromatic N) is 4. The molecular formula is C30H33ClF4N4O5S. The van der Waals surface area contributed by atoms with E-state index in [-0.39, 0.29) is 82.8 Å². The molecule has 244 valence electrons. The van der Waals surface area contributed by atoms with E-state index in [1.54, 1.807) is 25.7 Å². The first-order chi connectivity index (χ1) is 21.2. The number of halogens is 5. The summed E-state index contributed by atoms with van der Waals surface area (Å²) in [7, 11) is 1.52. The van der Waals surface area contributed by atoms with Crippen LogP contribution in [-0.2, 0) is 26.9 Å². The average molecular weight is 673 g/mol. The fraction of sp³-hybridized carbons (Fsp3) is 0.500. The van der Waals surface area contributed by atoms with Crippen LogP contribution < -0.4 is 10.6 Å². The topological polar surface area (TPSA) is 86.1 Å². The molecule has 5 rings (SSSR count). The van der Waals surface area contributed by atoms with Crippen molar-refractivity contribution in [1.82, 2.24) is 14.5 Å². The summed E-state index contributed by atoms with van der Waals surface area (Å²) < 4.78 is 76.5. The number of carbonyl (C=O) groups is 1. The molecule has 9 nitrogen and oxygen atoms in total. The van der Waals surface area contributed by atoms with Gasteiger partial charge in [-0.2, -0.15) is 18.2 Å². The maximum atomic E-state index is 14.9. The number of thioether (sulfide) groups is 1. The van der Waals surface area contributed by atoms with E-state index in [2.05, 4.69) is 4.98 Å². The molecule has 1 aromatic heterocycles. The Hall–Kier alpha value is -3.07. The number of ether oxygens (including phenoxy) is 3. The molecule has 2 aliphatic rings. The molecule has 0 saturated carbocycles. The van der Waals surface area contributed by atoms with Gasteiger partial charge >= 0.3 is 18.0 Å². The second kappa shape index (κ2) is 13.0. The standard InChI is InChI=1S/C30H33ClF4N4O5S/c1-29(2,3)44-28(41)38-9-7-37(8-10-38)26-19-14-20(30(33,34)35)23(17-5-6-22(32)21(31)13-17)25-24(19)39(27(40)36-26)15-18(16-45-25)43-12-11-42-4/h5-6,13-14,18H,7-12,15-16H2,1-4H3. The third-order valence-electron chi connectivity index (χ3n) is 7.38. The summed E-state index contributed by atoms with van der Waals surface area (Å²) in [5.74, 6) is -0.453. The Morgan fingerprint density at radius 2 is 1.82 bits per heavy atom. The van der Waals surface area contributed by atoms with Crippen LogP contribution in [-0.4, -0.2) is 84.5 Å². The Kier molecular flexibility index (Phi) is 9.60. The monoisotopic (exact) mass is 672 g/mol. The van der Waals surface area contributed by atoms with Gasteiger partial charge in [0.25, 0.3) is 0 Å². The molecule has 1 unspecified atom stereocenters. The average Bonchev–Trinajstić information content (AvgIpc) is 3.16. The van der Waals surface area contributed by atoms with Crippen LogP contribution in [0.3, 0.4) is 0 Å². The molecule has 0 spiro atoms. The SMILES string of the molecule is COCCOC1CSc2c(-c3ccc(F)c(Cl)c3)c(C(F)(F)F)cc3c(N4CCN(C(=O)OC(C)(C)C)CC4)nc(=O)n(c23)C1. The van der Waals surface area contributed by atoms with Gasteiger partial charge in [0.05, 0.1) is 42.0 Å². The first-order valence-corrected chi connectivity index (χ1v) is 15.6. The number of anilines is 1. The normalized spacial score (nSPS) is 17.5. The minimum absolute atomic E-state index is 0.0493. The van der Waals surface area contributed by atoms with Crippen LogP contribution in [0.15, 0.2) is 34.0 Å². The van der Waals surface area contributed by atoms with Crippen LogP contribution in [0.1, 0.15) is 26.3 Å². The van der Waals surface area contributed by atoms with Crippen molar-refractivity contribution in [2.75, 3.05) is 57.2 Å². The molecule has 0 bridgehead atoms. The van der Waals surface area contributed by atoms with Crippen LogP contribution in [0, 0.1) is 5.82 Å². The number of alkyl halides is 3. The molecule has 1 fully saturated rings. The Bertz CT molecular complexity index is 1650. The van der Waals surface area contributed by atoms with E-state index in [0.29, 0.717) is 6.61 Å². The minimum atomic E-state index is -4.82. The highest BCUT2D eigenvalue weighted by molar-refractivity contribution is 7.99. The lowest BCUT2D eigenvalue weighted by Crippen LogP contribution is -2.50. The van der Waals surface area contributed by atoms with Crippen molar-refractivity contribution < 1.29 is 36.6 Å². The zero-order valence-corrected chi connectivity index (χ0v) is 26.7. The van der Waals surface area contributed by atoms with E-state index in [4.69, 9.17) is 25.8 Å². The van der Waals surface area contributed by atoms with Gasteiger partial charge in [0.15, 0.2) is 0 Å². The van der Waals surface area contributed by atoms with Crippen molar-refractivity contribution in [3.8, 4) is 11.1 Å². The fourth-order valence-electron chi connectivity index (χ4n) is 5.36. The molecule has 45 heavy (non-hydrogen) atoms. The number of piperazine rings is 1. The summed E-state index contributed by atoms with van der Waals surface area (Å²) >= 11 is 7.16. The number of hydrogen-bond donors (Lipinski definition) is 0. The third kappa shape index (κ3) is 7.18. The molecule has 0 N–H and O–H groups in total. The molecule has 3 aromatic rings. The maximum absolute atomic E-state index is 14.9. The predicted octanol–water partition coefficient (Wildman–Crippen LogP) is 6.07. The van der Waals surface area contributed by atoms with Crippen molar-refractivity contribution >= 4 is 46.2 Å². The first-order valence-electron chi connectivity index (χ1n) is 14.3. The Balaban J connectivity index is 1.67. The Morgan fingerprint density at radius 3 is 2.44 bits per heavy atom. The highest BCUT2D eigenvalue weighted by Gasteiger charge is 2.39. The molecule has 0 aliphatic carbocycles. The van der Waals surface area contributed by atoms with Crippen molar-refractivity contribution in [2.24, 2.45) is 0 Å². The second-order valence-electron chi connectivity index (χ2n) is 11.7. The van der Waals surface area contributed by atoms with Crippen LogP contribution in [0.2, 0.25) is 5.02 Å². The lowest BCUT2D eigenvalue weighted by Gasteiger charge is -2.36. The van der Waals surface area contributed by atoms with Gasteiger partial charge in [0.1, 0.15) is 17.2 Å². The van der Waals surface area contributed by atoms with E-state index >= 15 is 0 Å². The molecule has 1 amide bonds. The molecule has 1 saturated heterocycles. The van der Waals surface area contributed by atoms with Gasteiger partial charge in [-0.3, -0.25) is 4.57 Å². The quantitative estimate of drug-likeness (QED) is 0.231. The maximum Gasteiger partial charge on any atom is 0.417 e. The number of amides is 1. The van der Waals surface area contributed by atoms with Crippen molar-refractivity contribution in [3.63, 3.8) is 0 Å². The zero-order valence-electron chi connectivity index (χ0n) is 25.2. The van der Waals surface area contributed by atoms with Gasteiger partial charge in [-0.1, -0.05) is 17.7 Å². The molecule has 2 aromatic carbocycles. The predicted molar refractivity (Wildman–Crippen MR) is 164 cm³/mol. The van der Waals surface area contributed by atoms with E-state index in [1.807, 2.05) is 0 Å². The van der Waals surface area contributed by atoms with Crippen molar-refractivity contribution in [3.05, 3.63) is 51.2 Å². The Morgan fingerprint density at radius 1 is 1.11 bits per heavy atom. The lowest BCUT2D eigenvalue weighted by molar-refractivity contribution is -0.137. The molecule has 15 heteroatoms. The molecule has 2 aliphatic heterocycles. The van der Waals surface area contributed by atoms with Gasteiger partial charge in [-0.15, -0.1) is 11.8 Å². The van der Waals surface area contributed by atoms with Crippen molar-refractivity contribution in [2.45, 2.75) is 50.1 Å². The second-order valence-corrected chi connectivity index (χ2v) is 13.2. The number of hydrogen-bond acceptors (Lipinski definition) is 8. The summed E-state index contributed by atoms with van der Waals surface area (Å²) in [5, 5.41) is -0.201. The van der Waals surface area contributed by atoms with E-state index in [0.717, 1.165) is 30.0 Å². The van der Waals surface area contributed by atoms with Gasteiger partial charge in [0.2, 0.25) is 0 Å². The number of carbonyl (C=O) groups excluding carboxylic acids is 1. The zero-order chi connectivity index (χ0) is 32.7. The minimum Gasteiger partial charge on any atom is -0.444 e. The molecule has 3 heterocycles. The van der Waals surface area contributed by atoms with Crippen LogP contribution >= 0.6 is 23.4 Å². The highest BCUT2D eigenvalue weighted by Crippen LogP contribution is 2.48.